The number of hydrogen-bond donors (Lipinski definition) is 2. The largest absolute Gasteiger partial charge is 1.00 e. The molecule has 0 bridgehead atoms. The van der Waals surface area contributed by atoms with Crippen LogP contribution in [0.5, 0.6) is 0 Å². The summed E-state index contributed by atoms with van der Waals surface area (Å²) < 4.78 is 0. The summed E-state index contributed by atoms with van der Waals surface area (Å²) >= 11 is 6.03. The van der Waals surface area contributed by atoms with Crippen LogP contribution in [0.1, 0.15) is 12.6 Å². The summed E-state index contributed by atoms with van der Waals surface area (Å²) in [7, 11) is 0. The van der Waals surface area contributed by atoms with Gasteiger partial charge in [0.2, 0.25) is 6.04 Å². The average molecular weight is 355 g/mol. The van der Waals surface area contributed by atoms with Crippen LogP contribution < -0.4 is 56.7 Å². The second-order valence-electron chi connectivity index (χ2n) is 4.76. The molecular weight excluding hydrogens is 343 g/mol. The minimum Gasteiger partial charge on any atom is -1.00 e. The van der Waals surface area contributed by atoms with Crippen LogP contribution >= 0.6 is 11.6 Å². The van der Waals surface area contributed by atoms with Crippen molar-refractivity contribution in [1.82, 2.24) is 0 Å². The molecule has 3 rings (SSSR count). The van der Waals surface area contributed by atoms with Gasteiger partial charge in [0.05, 0.1) is 11.4 Å². The van der Waals surface area contributed by atoms with Crippen LogP contribution in [0.2, 0.25) is 5.02 Å². The first kappa shape index (κ1) is 18.3. The van der Waals surface area contributed by atoms with Gasteiger partial charge in [0.25, 0.3) is 5.91 Å². The first-order valence-corrected chi connectivity index (χ1v) is 6.91. The Morgan fingerprint density at radius 2 is 1.91 bits per heavy atom. The van der Waals surface area contributed by atoms with Crippen LogP contribution in [0.3, 0.4) is 0 Å². The molecule has 0 fully saturated rings. The van der Waals surface area contributed by atoms with Gasteiger partial charge in [-0.1, -0.05) is 41.9 Å². The smallest absolute Gasteiger partial charge is 1.00 e. The molecule has 1 aliphatic heterocycles. The van der Waals surface area contributed by atoms with Crippen LogP contribution in [0.25, 0.3) is 0 Å². The Morgan fingerprint density at radius 1 is 1.22 bits per heavy atom. The third-order valence-electron chi connectivity index (χ3n) is 3.28. The van der Waals surface area contributed by atoms with E-state index in [-0.39, 0.29) is 52.8 Å². The first-order chi connectivity index (χ1) is 10.6. The summed E-state index contributed by atoms with van der Waals surface area (Å²) in [6, 6.07) is 12.5. The fraction of sp³-hybridized carbons (Fsp3) is 0.0625. The van der Waals surface area contributed by atoms with Gasteiger partial charge in [-0.25, -0.2) is 4.79 Å². The topological polar surface area (TPSA) is 78.8 Å². The van der Waals surface area contributed by atoms with E-state index in [0.717, 1.165) is 0 Å². The Labute approximate surface area is 181 Å². The number of carboxylic acids is 1. The molecule has 0 aliphatic carbocycles. The van der Waals surface area contributed by atoms with Gasteiger partial charge in [0, 0.05) is 16.1 Å². The molecule has 2 aromatic rings. The zero-order valence-electron chi connectivity index (χ0n) is 13.3. The van der Waals surface area contributed by atoms with Gasteiger partial charge in [-0.15, -0.1) is 0 Å². The second-order valence-corrected chi connectivity index (χ2v) is 5.20. The third-order valence-corrected chi connectivity index (χ3v) is 3.52. The maximum Gasteiger partial charge on any atom is 1.00 e. The number of benzodiazepines with no additional fused rings is 1. The van der Waals surface area contributed by atoms with Crippen LogP contribution in [0.15, 0.2) is 53.5 Å². The van der Waals surface area contributed by atoms with Gasteiger partial charge >= 0.3 is 57.4 Å². The van der Waals surface area contributed by atoms with Crippen LogP contribution in [0.4, 0.5) is 5.69 Å². The van der Waals surface area contributed by atoms with Crippen LogP contribution in [-0.2, 0) is 9.59 Å². The van der Waals surface area contributed by atoms with Crippen molar-refractivity contribution >= 4 is 34.9 Å². The van der Waals surface area contributed by atoms with E-state index in [9.17, 15) is 14.7 Å². The summed E-state index contributed by atoms with van der Waals surface area (Å²) in [5.74, 6) is -1.98. The molecule has 1 heterocycles. The fourth-order valence-electron chi connectivity index (χ4n) is 2.27. The minimum absolute atomic E-state index is 0. The number of carboxylic acid groups (broad SMARTS) is 1. The number of nitrogens with zero attached hydrogens (tertiary/aromatic N) is 1. The van der Waals surface area contributed by atoms with Gasteiger partial charge < -0.3 is 11.8 Å². The predicted octanol–water partition coefficient (Wildman–Crippen LogP) is -0.301. The number of anilines is 1. The first-order valence-electron chi connectivity index (χ1n) is 6.53. The summed E-state index contributed by atoms with van der Waals surface area (Å²) in [6.45, 7) is 0. The van der Waals surface area contributed by atoms with Gasteiger partial charge in [-0.3, -0.25) is 9.79 Å². The van der Waals surface area contributed by atoms with Crippen molar-refractivity contribution in [2.45, 2.75) is 6.04 Å². The molecule has 0 radical (unpaired) electrons. The van der Waals surface area contributed by atoms with E-state index in [0.29, 0.717) is 27.5 Å². The quantitative estimate of drug-likeness (QED) is 0.574. The molecule has 23 heavy (non-hydrogen) atoms. The Hall–Kier alpha value is -1.02. The maximum absolute atomic E-state index is 12.0. The Bertz CT molecular complexity index is 799. The van der Waals surface area contributed by atoms with E-state index >= 15 is 0 Å². The number of fused-ring (bicyclic) bond motifs is 1. The van der Waals surface area contributed by atoms with E-state index in [1.54, 1.807) is 30.3 Å². The molecule has 2 aromatic carbocycles. The summed E-state index contributed by atoms with van der Waals surface area (Å²) in [4.78, 5) is 27.5. The van der Waals surface area contributed by atoms with Gasteiger partial charge in [0.15, 0.2) is 0 Å². The van der Waals surface area contributed by atoms with E-state index in [2.05, 4.69) is 10.3 Å². The molecule has 0 saturated heterocycles. The van der Waals surface area contributed by atoms with Crippen molar-refractivity contribution in [2.75, 3.05) is 5.32 Å². The van der Waals surface area contributed by atoms with E-state index in [1.165, 1.54) is 0 Å². The fourth-order valence-corrected chi connectivity index (χ4v) is 2.45. The van der Waals surface area contributed by atoms with Crippen LogP contribution in [0, 0.1) is 0 Å². The minimum atomic E-state index is -1.50. The molecule has 0 saturated carbocycles. The molecule has 0 aromatic heterocycles. The zero-order valence-corrected chi connectivity index (χ0v) is 16.2. The number of rotatable bonds is 2. The van der Waals surface area contributed by atoms with Crippen molar-refractivity contribution in [3.63, 3.8) is 0 Å². The number of halogens is 1. The van der Waals surface area contributed by atoms with Crippen molar-refractivity contribution in [1.29, 1.82) is 0 Å². The third kappa shape index (κ3) is 3.91. The normalized spacial score (nSPS) is 16.3. The molecule has 1 atom stereocenters. The molecule has 1 aliphatic rings. The number of benzene rings is 2. The molecule has 1 unspecified atom stereocenters. The number of carbonyl (C=O) groups is 2. The Kier molecular flexibility index (Phi) is 6.13. The van der Waals surface area contributed by atoms with Crippen molar-refractivity contribution in [2.24, 2.45) is 4.99 Å². The van der Waals surface area contributed by atoms with E-state index in [4.69, 9.17) is 11.6 Å². The van der Waals surface area contributed by atoms with Crippen molar-refractivity contribution < 1.29 is 67.5 Å². The number of nitrogens with one attached hydrogen (secondary N) is 1. The Morgan fingerprint density at radius 3 is 2.57 bits per heavy atom. The standard InChI is InChI=1S/C16H11ClN2O3.K.H/c17-10-6-7-12-11(8-10)13(9-4-2-1-3-5-9)19-14(16(21)22)15(20)18-12;;/h1-8,14H,(H,18,20)(H,21,22);;/q;+1;-1. The predicted molar refractivity (Wildman–Crippen MR) is 84.7 cm³/mol. The van der Waals surface area contributed by atoms with Gasteiger partial charge in [-0.2, -0.15) is 0 Å². The molecule has 1 amide bonds. The molecule has 112 valence electrons. The molecule has 5 nitrogen and oxygen atoms in total. The van der Waals surface area contributed by atoms with Gasteiger partial charge in [-0.05, 0) is 18.2 Å². The number of aliphatic carboxylic acids is 1. The van der Waals surface area contributed by atoms with Crippen LogP contribution in [-0.4, -0.2) is 28.7 Å². The number of amides is 1. The number of carbonyl (C=O) groups excluding carboxylic acids is 1. The van der Waals surface area contributed by atoms with E-state index < -0.39 is 17.9 Å². The van der Waals surface area contributed by atoms with Crippen molar-refractivity contribution in [3.8, 4) is 0 Å². The SMILES string of the molecule is O=C(O)C1N=C(c2ccccc2)c2cc(Cl)ccc2NC1=O.[H-].[K+]. The average Bonchev–Trinajstić information content (AvgIpc) is 2.64. The molecule has 7 heteroatoms. The molecular formula is C16H12ClKN2O3. The summed E-state index contributed by atoms with van der Waals surface area (Å²) in [6.07, 6.45) is 0. The maximum atomic E-state index is 12.0. The zero-order chi connectivity index (χ0) is 15.7. The second kappa shape index (κ2) is 7.70. The summed E-state index contributed by atoms with van der Waals surface area (Å²) in [5.41, 5.74) is 2.22. The molecule has 2 N–H and O–H groups in total. The Balaban J connectivity index is 0.00000144. The summed E-state index contributed by atoms with van der Waals surface area (Å²) in [5, 5.41) is 12.3. The molecule has 0 spiro atoms. The van der Waals surface area contributed by atoms with E-state index in [1.807, 2.05) is 18.2 Å². The van der Waals surface area contributed by atoms with Crippen molar-refractivity contribution in [3.05, 3.63) is 64.7 Å². The monoisotopic (exact) mass is 354 g/mol. The number of aliphatic imine (C=N–C) groups is 1. The number of hydrogen-bond acceptors (Lipinski definition) is 3. The van der Waals surface area contributed by atoms with Gasteiger partial charge in [0.1, 0.15) is 0 Å².